The van der Waals surface area contributed by atoms with E-state index >= 15 is 0 Å². The molecule has 130 valence electrons. The summed E-state index contributed by atoms with van der Waals surface area (Å²) in [7, 11) is 1.32. The summed E-state index contributed by atoms with van der Waals surface area (Å²) >= 11 is 0. The number of nitrogens with one attached hydrogen (secondary N) is 1. The monoisotopic (exact) mass is 332 g/mol. The Kier molecular flexibility index (Phi) is 6.23. The number of fused-ring (bicyclic) bond motifs is 1. The van der Waals surface area contributed by atoms with Gasteiger partial charge in [0.2, 0.25) is 0 Å². The van der Waals surface area contributed by atoms with Gasteiger partial charge < -0.3 is 19.4 Å². The molecular formula is C18H24N2O4. The van der Waals surface area contributed by atoms with Crippen molar-refractivity contribution < 1.29 is 19.1 Å². The van der Waals surface area contributed by atoms with E-state index in [1.54, 1.807) is 0 Å². The van der Waals surface area contributed by atoms with Gasteiger partial charge in [0, 0.05) is 24.7 Å². The number of carbonyl (C=O) groups excluding carboxylic acids is 2. The van der Waals surface area contributed by atoms with E-state index in [1.165, 1.54) is 7.11 Å². The number of benzene rings is 1. The van der Waals surface area contributed by atoms with Crippen molar-refractivity contribution in [3.8, 4) is 5.75 Å². The molecule has 0 bridgehead atoms. The molecule has 0 atom stereocenters. The standard InChI is InChI=1S/C18H24N2O4/c1-13(2)11-20-10-8-14-15(20)5-4-6-16(14)24-12-17(21)19-9-7-18(22)23-3/h4-6,8,10,13H,7,9,11-12H2,1-3H3,(H,19,21). The number of hydrogen-bond donors (Lipinski definition) is 1. The Balaban J connectivity index is 1.94. The number of aromatic nitrogens is 1. The molecule has 1 aromatic carbocycles. The van der Waals surface area contributed by atoms with Gasteiger partial charge in [-0.2, -0.15) is 0 Å². The van der Waals surface area contributed by atoms with E-state index in [0.29, 0.717) is 11.7 Å². The van der Waals surface area contributed by atoms with Crippen LogP contribution in [-0.2, 0) is 20.9 Å². The highest BCUT2D eigenvalue weighted by Crippen LogP contribution is 2.27. The minimum Gasteiger partial charge on any atom is -0.483 e. The Morgan fingerprint density at radius 2 is 2.04 bits per heavy atom. The van der Waals surface area contributed by atoms with Crippen LogP contribution in [0.4, 0.5) is 0 Å². The SMILES string of the molecule is COC(=O)CCNC(=O)COc1cccc2c1ccn2CC(C)C. The molecule has 0 aliphatic heterocycles. The highest BCUT2D eigenvalue weighted by molar-refractivity contribution is 5.87. The Labute approximate surface area is 141 Å². The van der Waals surface area contributed by atoms with E-state index in [9.17, 15) is 9.59 Å². The maximum absolute atomic E-state index is 11.8. The maximum atomic E-state index is 11.8. The topological polar surface area (TPSA) is 69.6 Å². The molecule has 0 fully saturated rings. The number of rotatable bonds is 8. The van der Waals surface area contributed by atoms with Gasteiger partial charge in [-0.25, -0.2) is 0 Å². The van der Waals surface area contributed by atoms with Gasteiger partial charge in [0.15, 0.2) is 6.61 Å². The average molecular weight is 332 g/mol. The lowest BCUT2D eigenvalue weighted by Gasteiger charge is -2.10. The van der Waals surface area contributed by atoms with E-state index in [0.717, 1.165) is 17.4 Å². The fraction of sp³-hybridized carbons (Fsp3) is 0.444. The highest BCUT2D eigenvalue weighted by atomic mass is 16.5. The molecule has 0 saturated heterocycles. The van der Waals surface area contributed by atoms with Crippen molar-refractivity contribution in [3.63, 3.8) is 0 Å². The summed E-state index contributed by atoms with van der Waals surface area (Å²) in [6, 6.07) is 7.82. The number of amides is 1. The zero-order valence-corrected chi connectivity index (χ0v) is 14.4. The number of ether oxygens (including phenoxy) is 2. The van der Waals surface area contributed by atoms with E-state index in [-0.39, 0.29) is 31.4 Å². The summed E-state index contributed by atoms with van der Waals surface area (Å²) < 4.78 is 12.3. The summed E-state index contributed by atoms with van der Waals surface area (Å²) in [5.74, 6) is 0.605. The molecular weight excluding hydrogens is 308 g/mol. The third kappa shape index (κ3) is 4.75. The van der Waals surface area contributed by atoms with Crippen molar-refractivity contribution in [1.29, 1.82) is 0 Å². The van der Waals surface area contributed by atoms with E-state index in [2.05, 4.69) is 28.5 Å². The van der Waals surface area contributed by atoms with Crippen LogP contribution in [0.15, 0.2) is 30.5 Å². The zero-order valence-electron chi connectivity index (χ0n) is 14.4. The Morgan fingerprint density at radius 1 is 1.25 bits per heavy atom. The van der Waals surface area contributed by atoms with Crippen molar-refractivity contribution in [3.05, 3.63) is 30.5 Å². The van der Waals surface area contributed by atoms with E-state index in [1.807, 2.05) is 30.5 Å². The summed E-state index contributed by atoms with van der Waals surface area (Å²) in [4.78, 5) is 22.8. The third-order valence-corrected chi connectivity index (χ3v) is 3.57. The summed E-state index contributed by atoms with van der Waals surface area (Å²) in [6.45, 7) is 5.43. The van der Waals surface area contributed by atoms with Gasteiger partial charge in [0.05, 0.1) is 19.0 Å². The molecule has 6 nitrogen and oxygen atoms in total. The van der Waals surface area contributed by atoms with Crippen LogP contribution in [0.5, 0.6) is 5.75 Å². The first-order chi connectivity index (χ1) is 11.5. The quantitative estimate of drug-likeness (QED) is 0.754. The molecule has 1 heterocycles. The summed E-state index contributed by atoms with van der Waals surface area (Å²) in [5, 5.41) is 3.61. The van der Waals surface area contributed by atoms with Gasteiger partial charge in [-0.1, -0.05) is 19.9 Å². The molecule has 1 N–H and O–H groups in total. The lowest BCUT2D eigenvalue weighted by atomic mass is 10.2. The largest absolute Gasteiger partial charge is 0.483 e. The van der Waals surface area contributed by atoms with Gasteiger partial charge in [0.25, 0.3) is 5.91 Å². The molecule has 1 amide bonds. The van der Waals surface area contributed by atoms with Crippen molar-refractivity contribution in [2.24, 2.45) is 5.92 Å². The van der Waals surface area contributed by atoms with Crippen molar-refractivity contribution in [1.82, 2.24) is 9.88 Å². The second-order valence-electron chi connectivity index (χ2n) is 6.02. The average Bonchev–Trinajstić information content (AvgIpc) is 2.95. The molecule has 2 aromatic rings. The van der Waals surface area contributed by atoms with Crippen LogP contribution < -0.4 is 10.1 Å². The fourth-order valence-corrected chi connectivity index (χ4v) is 2.47. The number of methoxy groups -OCH3 is 1. The Morgan fingerprint density at radius 3 is 2.75 bits per heavy atom. The molecule has 6 heteroatoms. The first-order valence-corrected chi connectivity index (χ1v) is 8.05. The molecule has 2 rings (SSSR count). The van der Waals surface area contributed by atoms with Crippen LogP contribution in [0.1, 0.15) is 20.3 Å². The molecule has 1 aromatic heterocycles. The van der Waals surface area contributed by atoms with Crippen molar-refractivity contribution in [2.45, 2.75) is 26.8 Å². The van der Waals surface area contributed by atoms with Crippen molar-refractivity contribution in [2.75, 3.05) is 20.3 Å². The maximum Gasteiger partial charge on any atom is 0.307 e. The molecule has 0 unspecified atom stereocenters. The molecule has 0 aliphatic carbocycles. The molecule has 24 heavy (non-hydrogen) atoms. The van der Waals surface area contributed by atoms with Gasteiger partial charge in [-0.3, -0.25) is 9.59 Å². The van der Waals surface area contributed by atoms with Crippen LogP contribution in [0.3, 0.4) is 0 Å². The first-order valence-electron chi connectivity index (χ1n) is 8.05. The zero-order chi connectivity index (χ0) is 17.5. The van der Waals surface area contributed by atoms with Gasteiger partial charge in [0.1, 0.15) is 5.75 Å². The number of nitrogens with zero attached hydrogens (tertiary/aromatic N) is 1. The van der Waals surface area contributed by atoms with E-state index in [4.69, 9.17) is 4.74 Å². The van der Waals surface area contributed by atoms with Crippen LogP contribution in [-0.4, -0.2) is 36.7 Å². The lowest BCUT2D eigenvalue weighted by Crippen LogP contribution is -2.30. The smallest absolute Gasteiger partial charge is 0.307 e. The molecule has 0 radical (unpaired) electrons. The lowest BCUT2D eigenvalue weighted by molar-refractivity contribution is -0.140. The van der Waals surface area contributed by atoms with Crippen LogP contribution in [0, 0.1) is 5.92 Å². The van der Waals surface area contributed by atoms with Gasteiger partial charge in [-0.05, 0) is 24.1 Å². The normalized spacial score (nSPS) is 10.8. The van der Waals surface area contributed by atoms with Gasteiger partial charge >= 0.3 is 5.97 Å². The molecule has 0 saturated carbocycles. The minimum absolute atomic E-state index is 0.0877. The summed E-state index contributed by atoms with van der Waals surface area (Å²) in [5.41, 5.74) is 1.09. The van der Waals surface area contributed by atoms with Crippen LogP contribution in [0.2, 0.25) is 0 Å². The Bertz CT molecular complexity index is 706. The second kappa shape index (κ2) is 8.38. The predicted octanol–water partition coefficient (Wildman–Crippen LogP) is 2.36. The minimum atomic E-state index is -0.354. The molecule has 0 aliphatic rings. The van der Waals surface area contributed by atoms with E-state index < -0.39 is 0 Å². The molecule has 0 spiro atoms. The van der Waals surface area contributed by atoms with Crippen LogP contribution >= 0.6 is 0 Å². The third-order valence-electron chi connectivity index (χ3n) is 3.57. The second-order valence-corrected chi connectivity index (χ2v) is 6.02. The summed E-state index contributed by atoms with van der Waals surface area (Å²) in [6.07, 6.45) is 2.18. The predicted molar refractivity (Wildman–Crippen MR) is 91.9 cm³/mol. The highest BCUT2D eigenvalue weighted by Gasteiger charge is 2.10. The fourth-order valence-electron chi connectivity index (χ4n) is 2.47. The first kappa shape index (κ1) is 17.8. The number of carbonyl (C=O) groups is 2. The Hall–Kier alpha value is -2.50. The van der Waals surface area contributed by atoms with Crippen molar-refractivity contribution >= 4 is 22.8 Å². The number of hydrogen-bond acceptors (Lipinski definition) is 4. The van der Waals surface area contributed by atoms with Crippen LogP contribution in [0.25, 0.3) is 10.9 Å². The number of esters is 1. The van der Waals surface area contributed by atoms with Gasteiger partial charge in [-0.15, -0.1) is 0 Å².